The van der Waals surface area contributed by atoms with Crippen molar-refractivity contribution in [2.24, 2.45) is 10.8 Å². The Kier molecular flexibility index (Phi) is 3.29. The first kappa shape index (κ1) is 11.5. The summed E-state index contributed by atoms with van der Waals surface area (Å²) in [6.07, 6.45) is 1.56. The molecule has 3 N–H and O–H groups in total. The molecule has 0 saturated heterocycles. The van der Waals surface area contributed by atoms with Crippen LogP contribution in [0.2, 0.25) is 0 Å². The van der Waals surface area contributed by atoms with Crippen LogP contribution < -0.4 is 25.4 Å². The number of nitrogens with zero attached hydrogens (tertiary/aromatic N) is 1. The molecule has 1 heterocycles. The van der Waals surface area contributed by atoms with Crippen LogP contribution in [0.15, 0.2) is 17.2 Å². The summed E-state index contributed by atoms with van der Waals surface area (Å²) in [4.78, 5) is 0. The van der Waals surface area contributed by atoms with Crippen molar-refractivity contribution in [3.63, 3.8) is 0 Å². The van der Waals surface area contributed by atoms with Crippen LogP contribution in [-0.4, -0.2) is 25.2 Å². The van der Waals surface area contributed by atoms with Crippen LogP contribution in [0.1, 0.15) is 5.56 Å². The zero-order valence-electron chi connectivity index (χ0n) is 9.10. The van der Waals surface area contributed by atoms with Crippen molar-refractivity contribution < 1.29 is 14.2 Å². The van der Waals surface area contributed by atoms with Crippen molar-refractivity contribution >= 4 is 23.5 Å². The zero-order chi connectivity index (χ0) is 12.3. The topological polar surface area (TPSA) is 78.1 Å². The third kappa shape index (κ3) is 2.56. The molecule has 0 aromatic heterocycles. The SMILES string of the molecule is COc1cc(C=NNC(N)=S)cc2c1OCO2. The third-order valence-electron chi connectivity index (χ3n) is 2.07. The Morgan fingerprint density at radius 3 is 3.12 bits per heavy atom. The van der Waals surface area contributed by atoms with E-state index in [2.05, 4.69) is 22.7 Å². The predicted octanol–water partition coefficient (Wildman–Crippen LogP) is 0.591. The lowest BCUT2D eigenvalue weighted by atomic mass is 10.2. The van der Waals surface area contributed by atoms with Crippen LogP contribution in [0.5, 0.6) is 17.2 Å². The average Bonchev–Trinajstić information content (AvgIpc) is 2.75. The largest absolute Gasteiger partial charge is 0.493 e. The molecule has 0 bridgehead atoms. The van der Waals surface area contributed by atoms with Gasteiger partial charge in [-0.2, -0.15) is 5.10 Å². The van der Waals surface area contributed by atoms with Gasteiger partial charge in [-0.15, -0.1) is 0 Å². The highest BCUT2D eigenvalue weighted by Gasteiger charge is 2.19. The quantitative estimate of drug-likeness (QED) is 0.466. The minimum Gasteiger partial charge on any atom is -0.493 e. The molecule has 0 amide bonds. The minimum atomic E-state index is 0.106. The monoisotopic (exact) mass is 253 g/mol. The second-order valence-electron chi connectivity index (χ2n) is 3.19. The van der Waals surface area contributed by atoms with E-state index < -0.39 is 0 Å². The van der Waals surface area contributed by atoms with Gasteiger partial charge in [0, 0.05) is 5.56 Å². The molecule has 1 aliphatic heterocycles. The Morgan fingerprint density at radius 2 is 2.41 bits per heavy atom. The van der Waals surface area contributed by atoms with Crippen molar-refractivity contribution in [2.45, 2.75) is 0 Å². The molecule has 0 aliphatic carbocycles. The number of hydrogen-bond donors (Lipinski definition) is 2. The number of nitrogens with one attached hydrogen (secondary N) is 1. The summed E-state index contributed by atoms with van der Waals surface area (Å²) in [5.74, 6) is 1.82. The van der Waals surface area contributed by atoms with E-state index >= 15 is 0 Å². The number of rotatable bonds is 3. The summed E-state index contributed by atoms with van der Waals surface area (Å²) >= 11 is 4.62. The van der Waals surface area contributed by atoms with Gasteiger partial charge in [0.1, 0.15) is 0 Å². The van der Waals surface area contributed by atoms with Crippen LogP contribution >= 0.6 is 12.2 Å². The molecule has 0 radical (unpaired) electrons. The first-order valence-electron chi connectivity index (χ1n) is 4.77. The number of nitrogens with two attached hydrogens (primary N) is 1. The molecule has 6 nitrogen and oxygen atoms in total. The van der Waals surface area contributed by atoms with Crippen LogP contribution in [0.3, 0.4) is 0 Å². The van der Waals surface area contributed by atoms with E-state index in [1.54, 1.807) is 25.5 Å². The van der Waals surface area contributed by atoms with Crippen molar-refractivity contribution in [1.29, 1.82) is 0 Å². The molecule has 0 fully saturated rings. The Morgan fingerprint density at radius 1 is 1.59 bits per heavy atom. The fourth-order valence-electron chi connectivity index (χ4n) is 1.39. The second kappa shape index (κ2) is 4.88. The van der Waals surface area contributed by atoms with Crippen LogP contribution in [0.25, 0.3) is 0 Å². The molecular weight excluding hydrogens is 242 g/mol. The van der Waals surface area contributed by atoms with Gasteiger partial charge in [0.25, 0.3) is 0 Å². The van der Waals surface area contributed by atoms with E-state index in [-0.39, 0.29) is 11.9 Å². The fourth-order valence-corrected chi connectivity index (χ4v) is 1.45. The lowest BCUT2D eigenvalue weighted by Crippen LogP contribution is -2.23. The van der Waals surface area contributed by atoms with Crippen LogP contribution in [0.4, 0.5) is 0 Å². The van der Waals surface area contributed by atoms with Crippen LogP contribution in [0, 0.1) is 0 Å². The number of benzene rings is 1. The lowest BCUT2D eigenvalue weighted by Gasteiger charge is -2.05. The molecule has 1 aromatic carbocycles. The number of hydrogen-bond acceptors (Lipinski definition) is 5. The first-order valence-corrected chi connectivity index (χ1v) is 5.17. The number of thiocarbonyl (C=S) groups is 1. The Hall–Kier alpha value is -2.02. The van der Waals surface area contributed by atoms with Gasteiger partial charge < -0.3 is 19.9 Å². The summed E-state index contributed by atoms with van der Waals surface area (Å²) < 4.78 is 15.7. The Labute approximate surface area is 103 Å². The maximum atomic E-state index is 5.27. The number of fused-ring (bicyclic) bond motifs is 1. The summed E-state index contributed by atoms with van der Waals surface area (Å²) in [6.45, 7) is 0.192. The lowest BCUT2D eigenvalue weighted by molar-refractivity contribution is 0.171. The highest BCUT2D eigenvalue weighted by atomic mass is 32.1. The van der Waals surface area contributed by atoms with Crippen LogP contribution in [-0.2, 0) is 0 Å². The molecule has 1 aliphatic rings. The molecule has 7 heteroatoms. The molecular formula is C10H11N3O3S. The molecule has 0 spiro atoms. The summed E-state index contributed by atoms with van der Waals surface area (Å²) in [5, 5.41) is 3.95. The summed E-state index contributed by atoms with van der Waals surface area (Å²) in [6, 6.07) is 3.56. The van der Waals surface area contributed by atoms with Gasteiger partial charge in [-0.1, -0.05) is 0 Å². The van der Waals surface area contributed by atoms with Gasteiger partial charge in [-0.3, -0.25) is 5.43 Å². The molecule has 0 unspecified atom stereocenters. The molecule has 2 rings (SSSR count). The molecule has 90 valence electrons. The maximum absolute atomic E-state index is 5.27. The molecule has 0 atom stereocenters. The summed E-state index contributed by atoms with van der Waals surface area (Å²) in [5.41, 5.74) is 8.49. The molecule has 0 saturated carbocycles. The van der Waals surface area contributed by atoms with E-state index in [0.717, 1.165) is 5.56 Å². The number of ether oxygens (including phenoxy) is 3. The third-order valence-corrected chi connectivity index (χ3v) is 2.16. The standard InChI is InChI=1S/C10H11N3O3S/c1-14-7-2-6(4-12-13-10(11)17)3-8-9(7)16-5-15-8/h2-4H,5H2,1H3,(H3,11,13,17). The number of hydrazone groups is 1. The highest BCUT2D eigenvalue weighted by Crippen LogP contribution is 2.41. The van der Waals surface area contributed by atoms with Gasteiger partial charge >= 0.3 is 0 Å². The van der Waals surface area contributed by atoms with Crippen molar-refractivity contribution in [2.75, 3.05) is 13.9 Å². The van der Waals surface area contributed by atoms with Crippen molar-refractivity contribution in [1.82, 2.24) is 5.43 Å². The van der Waals surface area contributed by atoms with Gasteiger partial charge in [0.2, 0.25) is 12.5 Å². The van der Waals surface area contributed by atoms with Crippen molar-refractivity contribution in [3.8, 4) is 17.2 Å². The smallest absolute Gasteiger partial charge is 0.231 e. The van der Waals surface area contributed by atoms with E-state index in [1.165, 1.54) is 0 Å². The molecule has 17 heavy (non-hydrogen) atoms. The summed E-state index contributed by atoms with van der Waals surface area (Å²) in [7, 11) is 1.56. The second-order valence-corrected chi connectivity index (χ2v) is 3.63. The first-order chi connectivity index (χ1) is 8.20. The number of methoxy groups -OCH3 is 1. The van der Waals surface area contributed by atoms with E-state index in [0.29, 0.717) is 17.2 Å². The van der Waals surface area contributed by atoms with E-state index in [1.807, 2.05) is 0 Å². The van der Waals surface area contributed by atoms with Gasteiger partial charge in [-0.05, 0) is 24.4 Å². The van der Waals surface area contributed by atoms with E-state index in [9.17, 15) is 0 Å². The Balaban J connectivity index is 2.24. The Bertz CT molecular complexity index is 476. The maximum Gasteiger partial charge on any atom is 0.231 e. The fraction of sp³-hybridized carbons (Fsp3) is 0.200. The highest BCUT2D eigenvalue weighted by molar-refractivity contribution is 7.80. The van der Waals surface area contributed by atoms with Crippen molar-refractivity contribution in [3.05, 3.63) is 17.7 Å². The minimum absolute atomic E-state index is 0.106. The molecule has 1 aromatic rings. The van der Waals surface area contributed by atoms with Gasteiger partial charge in [-0.25, -0.2) is 0 Å². The average molecular weight is 253 g/mol. The predicted molar refractivity (Wildman–Crippen MR) is 66.6 cm³/mol. The van der Waals surface area contributed by atoms with Gasteiger partial charge in [0.05, 0.1) is 13.3 Å². The van der Waals surface area contributed by atoms with E-state index in [4.69, 9.17) is 19.9 Å². The zero-order valence-corrected chi connectivity index (χ0v) is 9.91. The normalized spacial score (nSPS) is 12.8. The van der Waals surface area contributed by atoms with Gasteiger partial charge in [0.15, 0.2) is 16.6 Å².